The molecule has 11 heavy (non-hydrogen) atoms. The average molecular weight is 145 g/mol. The monoisotopic (exact) mass is 145 g/mol. The molecule has 55 valence electrons. The minimum absolute atomic E-state index is 0.951. The van der Waals surface area contributed by atoms with E-state index >= 15 is 0 Å². The van der Waals surface area contributed by atoms with E-state index in [9.17, 15) is 0 Å². The maximum absolute atomic E-state index is 4.32. The van der Waals surface area contributed by atoms with E-state index in [-0.39, 0.29) is 0 Å². The first-order valence-corrected chi connectivity index (χ1v) is 3.59. The highest BCUT2D eigenvalue weighted by Crippen LogP contribution is 2.11. The standard InChI is InChI=1S/C9H9N2/c1-7-10-8-5-3-4-6-9(8)11(7)2/h3-4,6H,1-2H3. The van der Waals surface area contributed by atoms with E-state index in [1.807, 2.05) is 32.2 Å². The molecule has 1 radical (unpaired) electrons. The van der Waals surface area contributed by atoms with Gasteiger partial charge < -0.3 is 4.57 Å². The van der Waals surface area contributed by atoms with Crippen LogP contribution in [0.1, 0.15) is 5.82 Å². The van der Waals surface area contributed by atoms with E-state index in [2.05, 4.69) is 15.6 Å². The predicted octanol–water partition coefficient (Wildman–Crippen LogP) is 1.68. The summed E-state index contributed by atoms with van der Waals surface area (Å²) in [4.78, 5) is 4.32. The van der Waals surface area contributed by atoms with Crippen LogP contribution in [0.3, 0.4) is 0 Å². The maximum atomic E-state index is 4.32. The summed E-state index contributed by atoms with van der Waals surface area (Å²) >= 11 is 0. The van der Waals surface area contributed by atoms with Crippen molar-refractivity contribution in [3.63, 3.8) is 0 Å². The predicted molar refractivity (Wildman–Crippen MR) is 44.3 cm³/mol. The molecule has 0 unspecified atom stereocenters. The van der Waals surface area contributed by atoms with Crippen molar-refractivity contribution >= 4 is 11.0 Å². The zero-order valence-corrected chi connectivity index (χ0v) is 6.63. The van der Waals surface area contributed by atoms with Gasteiger partial charge in [-0.1, -0.05) is 12.1 Å². The average Bonchev–Trinajstić information content (AvgIpc) is 2.30. The van der Waals surface area contributed by atoms with Gasteiger partial charge >= 0.3 is 0 Å². The number of para-hydroxylation sites is 1. The van der Waals surface area contributed by atoms with Crippen molar-refractivity contribution in [3.05, 3.63) is 30.1 Å². The van der Waals surface area contributed by atoms with Gasteiger partial charge in [-0.2, -0.15) is 0 Å². The number of hydrogen-bond donors (Lipinski definition) is 0. The molecule has 1 aromatic carbocycles. The second kappa shape index (κ2) is 2.09. The van der Waals surface area contributed by atoms with Crippen LogP contribution in [0.2, 0.25) is 0 Å². The fraction of sp³-hybridized carbons (Fsp3) is 0.222. The SMILES string of the molecule is Cc1nc2[c]cccc2n1C. The summed E-state index contributed by atoms with van der Waals surface area (Å²) in [6.07, 6.45) is 0. The molecule has 0 amide bonds. The second-order valence-corrected chi connectivity index (χ2v) is 2.62. The first-order valence-electron chi connectivity index (χ1n) is 3.59. The van der Waals surface area contributed by atoms with Gasteiger partial charge in [0.1, 0.15) is 5.82 Å². The van der Waals surface area contributed by atoms with E-state index in [1.54, 1.807) is 0 Å². The van der Waals surface area contributed by atoms with Gasteiger partial charge in [0, 0.05) is 13.1 Å². The van der Waals surface area contributed by atoms with E-state index in [0.29, 0.717) is 0 Å². The summed E-state index contributed by atoms with van der Waals surface area (Å²) in [5.74, 6) is 1.03. The van der Waals surface area contributed by atoms with Gasteiger partial charge in [0.2, 0.25) is 0 Å². The molecule has 0 atom stereocenters. The Balaban J connectivity index is 2.92. The van der Waals surface area contributed by atoms with Crippen molar-refractivity contribution in [1.82, 2.24) is 9.55 Å². The number of nitrogens with zero attached hydrogens (tertiary/aromatic N) is 2. The highest BCUT2D eigenvalue weighted by atomic mass is 15.0. The van der Waals surface area contributed by atoms with Crippen molar-refractivity contribution in [1.29, 1.82) is 0 Å². The van der Waals surface area contributed by atoms with Crippen LogP contribution in [-0.4, -0.2) is 9.55 Å². The lowest BCUT2D eigenvalue weighted by molar-refractivity contribution is 0.886. The summed E-state index contributed by atoms with van der Waals surface area (Å²) in [7, 11) is 2.01. The molecule has 0 aliphatic carbocycles. The van der Waals surface area contributed by atoms with Crippen LogP contribution in [0.15, 0.2) is 18.2 Å². The van der Waals surface area contributed by atoms with Crippen LogP contribution in [0.25, 0.3) is 11.0 Å². The Morgan fingerprint density at radius 2 is 2.36 bits per heavy atom. The molecule has 1 heterocycles. The van der Waals surface area contributed by atoms with Crippen molar-refractivity contribution in [3.8, 4) is 0 Å². The number of rotatable bonds is 0. The molecule has 0 N–H and O–H groups in total. The summed E-state index contributed by atoms with van der Waals surface area (Å²) < 4.78 is 2.06. The van der Waals surface area contributed by atoms with Crippen LogP contribution in [0, 0.1) is 13.0 Å². The molecule has 0 saturated carbocycles. The quantitative estimate of drug-likeness (QED) is 0.551. The molecule has 2 nitrogen and oxygen atoms in total. The summed E-state index contributed by atoms with van der Waals surface area (Å²) in [6, 6.07) is 8.99. The first-order chi connectivity index (χ1) is 5.29. The molecule has 0 bridgehead atoms. The minimum Gasteiger partial charge on any atom is -0.331 e. The molecule has 0 aliphatic rings. The molecule has 0 aliphatic heterocycles. The van der Waals surface area contributed by atoms with E-state index in [4.69, 9.17) is 0 Å². The Bertz CT molecular complexity index is 387. The number of hydrogen-bond acceptors (Lipinski definition) is 1. The molecule has 0 saturated heterocycles. The molecule has 2 rings (SSSR count). The van der Waals surface area contributed by atoms with Gasteiger partial charge in [0.15, 0.2) is 0 Å². The zero-order chi connectivity index (χ0) is 7.84. The smallest absolute Gasteiger partial charge is 0.106 e. The lowest BCUT2D eigenvalue weighted by atomic mass is 10.3. The van der Waals surface area contributed by atoms with Crippen LogP contribution >= 0.6 is 0 Å². The van der Waals surface area contributed by atoms with Gasteiger partial charge in [-0.05, 0) is 13.0 Å². The normalized spacial score (nSPS) is 10.7. The molecular formula is C9H9N2. The summed E-state index contributed by atoms with van der Waals surface area (Å²) in [6.45, 7) is 1.99. The van der Waals surface area contributed by atoms with Gasteiger partial charge in [-0.3, -0.25) is 0 Å². The Hall–Kier alpha value is -1.31. The lowest BCUT2D eigenvalue weighted by Crippen LogP contribution is -1.89. The van der Waals surface area contributed by atoms with Crippen molar-refractivity contribution in [2.24, 2.45) is 7.05 Å². The third-order valence-electron chi connectivity index (χ3n) is 1.93. The first kappa shape index (κ1) is 6.40. The Labute approximate surface area is 65.5 Å². The van der Waals surface area contributed by atoms with Crippen LogP contribution in [-0.2, 0) is 7.05 Å². The number of aryl methyl sites for hydroxylation is 2. The van der Waals surface area contributed by atoms with Gasteiger partial charge in [0.25, 0.3) is 0 Å². The van der Waals surface area contributed by atoms with E-state index in [0.717, 1.165) is 16.9 Å². The summed E-state index contributed by atoms with van der Waals surface area (Å²) in [5, 5.41) is 0. The number of imidazole rings is 1. The van der Waals surface area contributed by atoms with E-state index < -0.39 is 0 Å². The van der Waals surface area contributed by atoms with Crippen molar-refractivity contribution in [2.75, 3.05) is 0 Å². The Kier molecular flexibility index (Phi) is 1.22. The second-order valence-electron chi connectivity index (χ2n) is 2.62. The number of fused-ring (bicyclic) bond motifs is 1. The summed E-state index contributed by atoms with van der Waals surface area (Å²) in [5.41, 5.74) is 2.09. The maximum Gasteiger partial charge on any atom is 0.106 e. The Morgan fingerprint density at radius 1 is 1.55 bits per heavy atom. The van der Waals surface area contributed by atoms with Crippen molar-refractivity contribution < 1.29 is 0 Å². The molecule has 2 aromatic rings. The van der Waals surface area contributed by atoms with Crippen LogP contribution in [0.5, 0.6) is 0 Å². The number of aromatic nitrogens is 2. The van der Waals surface area contributed by atoms with Gasteiger partial charge in [0.05, 0.1) is 11.0 Å². The third kappa shape index (κ3) is 0.827. The lowest BCUT2D eigenvalue weighted by Gasteiger charge is -1.93. The number of benzene rings is 1. The van der Waals surface area contributed by atoms with Crippen LogP contribution < -0.4 is 0 Å². The van der Waals surface area contributed by atoms with Gasteiger partial charge in [-0.25, -0.2) is 4.98 Å². The van der Waals surface area contributed by atoms with Crippen molar-refractivity contribution in [2.45, 2.75) is 6.92 Å². The molecule has 1 aromatic heterocycles. The Morgan fingerprint density at radius 3 is 3.09 bits per heavy atom. The largest absolute Gasteiger partial charge is 0.331 e. The van der Waals surface area contributed by atoms with Gasteiger partial charge in [-0.15, -0.1) is 0 Å². The third-order valence-corrected chi connectivity index (χ3v) is 1.93. The fourth-order valence-electron chi connectivity index (χ4n) is 1.19. The highest BCUT2D eigenvalue weighted by molar-refractivity contribution is 5.74. The topological polar surface area (TPSA) is 17.8 Å². The van der Waals surface area contributed by atoms with E-state index in [1.165, 1.54) is 0 Å². The minimum atomic E-state index is 0.951. The molecular weight excluding hydrogens is 136 g/mol. The molecule has 0 spiro atoms. The van der Waals surface area contributed by atoms with Crippen LogP contribution in [0.4, 0.5) is 0 Å². The molecule has 2 heteroatoms. The molecule has 0 fully saturated rings. The highest BCUT2D eigenvalue weighted by Gasteiger charge is 2.00. The zero-order valence-electron chi connectivity index (χ0n) is 6.63. The fourth-order valence-corrected chi connectivity index (χ4v) is 1.19.